The molecule has 2 saturated heterocycles. The molecule has 1 atom stereocenters. The van der Waals surface area contributed by atoms with Crippen LogP contribution in [0.5, 0.6) is 0 Å². The summed E-state index contributed by atoms with van der Waals surface area (Å²) in [4.78, 5) is 37.1. The topological polar surface area (TPSA) is 99.2 Å². The Morgan fingerprint density at radius 1 is 1.25 bits per heavy atom. The number of rotatable bonds is 3. The van der Waals surface area contributed by atoms with Crippen LogP contribution >= 0.6 is 0 Å². The number of carbonyl (C=O) groups is 3. The summed E-state index contributed by atoms with van der Waals surface area (Å²) in [6, 6.07) is -0.164. The van der Waals surface area contributed by atoms with Crippen molar-refractivity contribution in [2.24, 2.45) is 5.92 Å². The monoisotopic (exact) mass is 285 g/mol. The van der Waals surface area contributed by atoms with E-state index in [1.54, 1.807) is 9.80 Å². The molecule has 8 heteroatoms. The van der Waals surface area contributed by atoms with Gasteiger partial charge in [0.25, 0.3) is 0 Å². The van der Waals surface area contributed by atoms with Crippen LogP contribution in [-0.2, 0) is 9.53 Å². The van der Waals surface area contributed by atoms with E-state index in [0.717, 1.165) is 0 Å². The first-order valence-electron chi connectivity index (χ1n) is 6.59. The van der Waals surface area contributed by atoms with Crippen LogP contribution in [-0.4, -0.2) is 72.3 Å². The van der Waals surface area contributed by atoms with Gasteiger partial charge in [-0.1, -0.05) is 0 Å². The zero-order valence-electron chi connectivity index (χ0n) is 11.4. The summed E-state index contributed by atoms with van der Waals surface area (Å²) in [7, 11) is 1.30. The van der Waals surface area contributed by atoms with Gasteiger partial charge in [0.1, 0.15) is 0 Å². The fraction of sp³-hybridized carbons (Fsp3) is 0.750. The van der Waals surface area contributed by atoms with Crippen molar-refractivity contribution >= 4 is 18.1 Å². The highest BCUT2D eigenvalue weighted by atomic mass is 16.5. The maximum atomic E-state index is 12.1. The van der Waals surface area contributed by atoms with Crippen LogP contribution in [0.25, 0.3) is 0 Å². The number of nitrogens with zero attached hydrogens (tertiary/aromatic N) is 2. The molecule has 0 bridgehead atoms. The Labute approximate surface area is 116 Å². The zero-order valence-corrected chi connectivity index (χ0v) is 11.4. The smallest absolute Gasteiger partial charge is 0.407 e. The molecular weight excluding hydrogens is 266 g/mol. The molecule has 0 spiro atoms. The van der Waals surface area contributed by atoms with Crippen molar-refractivity contribution in [3.63, 3.8) is 0 Å². The lowest BCUT2D eigenvalue weighted by atomic mass is 9.97. The molecule has 0 aromatic heterocycles. The van der Waals surface area contributed by atoms with E-state index in [9.17, 15) is 14.4 Å². The van der Waals surface area contributed by atoms with Gasteiger partial charge in [-0.2, -0.15) is 0 Å². The highest BCUT2D eigenvalue weighted by Gasteiger charge is 2.37. The van der Waals surface area contributed by atoms with Gasteiger partial charge in [-0.15, -0.1) is 0 Å². The van der Waals surface area contributed by atoms with E-state index in [-0.39, 0.29) is 24.4 Å². The first kappa shape index (κ1) is 14.4. The van der Waals surface area contributed by atoms with Crippen molar-refractivity contribution in [1.82, 2.24) is 15.1 Å². The zero-order chi connectivity index (χ0) is 14.7. The number of likely N-dealkylation sites (tertiary alicyclic amines) is 2. The number of urea groups is 1. The van der Waals surface area contributed by atoms with Crippen molar-refractivity contribution in [3.05, 3.63) is 0 Å². The summed E-state index contributed by atoms with van der Waals surface area (Å²) in [6.07, 6.45) is 0.318. The minimum atomic E-state index is -0.828. The van der Waals surface area contributed by atoms with Crippen molar-refractivity contribution in [1.29, 1.82) is 0 Å². The van der Waals surface area contributed by atoms with Crippen molar-refractivity contribution < 1.29 is 24.2 Å². The summed E-state index contributed by atoms with van der Waals surface area (Å²) in [5, 5.41) is 11.3. The maximum absolute atomic E-state index is 12.1. The quantitative estimate of drug-likeness (QED) is 0.757. The van der Waals surface area contributed by atoms with Crippen LogP contribution in [0.1, 0.15) is 12.8 Å². The Balaban J connectivity index is 1.73. The van der Waals surface area contributed by atoms with Crippen LogP contribution < -0.4 is 5.32 Å². The lowest BCUT2D eigenvalue weighted by Gasteiger charge is -2.40. The molecule has 0 aromatic carbocycles. The third kappa shape index (κ3) is 3.31. The van der Waals surface area contributed by atoms with Crippen LogP contribution in [0.2, 0.25) is 0 Å². The van der Waals surface area contributed by atoms with E-state index >= 15 is 0 Å². The molecule has 2 heterocycles. The number of amides is 3. The maximum Gasteiger partial charge on any atom is 0.407 e. The summed E-state index contributed by atoms with van der Waals surface area (Å²) in [5.74, 6) is -0.770. The van der Waals surface area contributed by atoms with E-state index in [0.29, 0.717) is 32.6 Å². The van der Waals surface area contributed by atoms with E-state index < -0.39 is 12.1 Å². The van der Waals surface area contributed by atoms with Crippen LogP contribution in [0.15, 0.2) is 0 Å². The lowest BCUT2D eigenvalue weighted by molar-refractivity contribution is -0.139. The Morgan fingerprint density at radius 3 is 2.55 bits per heavy atom. The number of hydrogen-bond acceptors (Lipinski definition) is 4. The van der Waals surface area contributed by atoms with Crippen LogP contribution in [0.4, 0.5) is 9.59 Å². The molecule has 2 rings (SSSR count). The Morgan fingerprint density at radius 2 is 1.95 bits per heavy atom. The molecule has 2 aliphatic rings. The molecule has 0 radical (unpaired) electrons. The van der Waals surface area contributed by atoms with Gasteiger partial charge >= 0.3 is 18.1 Å². The van der Waals surface area contributed by atoms with E-state index in [4.69, 9.17) is 5.11 Å². The number of carboxylic acids is 1. The van der Waals surface area contributed by atoms with Gasteiger partial charge in [-0.3, -0.25) is 4.79 Å². The average molecular weight is 285 g/mol. The van der Waals surface area contributed by atoms with Gasteiger partial charge < -0.3 is 25.0 Å². The molecule has 1 unspecified atom stereocenters. The van der Waals surface area contributed by atoms with Gasteiger partial charge in [0.05, 0.1) is 19.6 Å². The number of carbonyl (C=O) groups excluding carboxylic acids is 2. The molecule has 20 heavy (non-hydrogen) atoms. The van der Waals surface area contributed by atoms with Crippen molar-refractivity contribution in [2.45, 2.75) is 18.9 Å². The molecule has 0 aromatic rings. The molecule has 2 fully saturated rings. The Bertz CT molecular complexity index is 408. The number of nitrogens with one attached hydrogen (secondary N) is 1. The minimum absolute atomic E-state index is 0.0584. The number of alkyl carbamates (subject to hydrolysis) is 1. The third-order valence-electron chi connectivity index (χ3n) is 3.66. The van der Waals surface area contributed by atoms with Gasteiger partial charge in [0, 0.05) is 32.1 Å². The van der Waals surface area contributed by atoms with Gasteiger partial charge in [-0.05, 0) is 6.42 Å². The standard InChI is InChI=1S/C12H19N3O5/c1-20-11(18)13-9-2-3-14(7-9)12(19)15-5-8(6-15)4-10(16)17/h8-9H,2-7H2,1H3,(H,13,18)(H,16,17). The number of methoxy groups -OCH3 is 1. The first-order valence-corrected chi connectivity index (χ1v) is 6.59. The molecule has 0 saturated carbocycles. The van der Waals surface area contributed by atoms with Crippen LogP contribution in [0, 0.1) is 5.92 Å². The molecule has 3 amide bonds. The lowest BCUT2D eigenvalue weighted by Crippen LogP contribution is -2.55. The normalized spacial score (nSPS) is 22.4. The van der Waals surface area contributed by atoms with Gasteiger partial charge in [0.15, 0.2) is 0 Å². The third-order valence-corrected chi connectivity index (χ3v) is 3.66. The van der Waals surface area contributed by atoms with Gasteiger partial charge in [-0.25, -0.2) is 9.59 Å². The predicted octanol–water partition coefficient (Wildman–Crippen LogP) is -0.0568. The van der Waals surface area contributed by atoms with Gasteiger partial charge in [0.2, 0.25) is 0 Å². The number of aliphatic carboxylic acids is 1. The predicted molar refractivity (Wildman–Crippen MR) is 68.2 cm³/mol. The molecule has 112 valence electrons. The molecular formula is C12H19N3O5. The molecule has 2 N–H and O–H groups in total. The van der Waals surface area contributed by atoms with E-state index in [2.05, 4.69) is 10.1 Å². The second-order valence-electron chi connectivity index (χ2n) is 5.22. The summed E-state index contributed by atoms with van der Waals surface area (Å²) in [6.45, 7) is 2.05. The second-order valence-corrected chi connectivity index (χ2v) is 5.22. The highest BCUT2D eigenvalue weighted by molar-refractivity contribution is 5.76. The highest BCUT2D eigenvalue weighted by Crippen LogP contribution is 2.22. The molecule has 0 aliphatic carbocycles. The van der Waals surface area contributed by atoms with Crippen molar-refractivity contribution in [3.8, 4) is 0 Å². The second kappa shape index (κ2) is 5.98. The summed E-state index contributed by atoms with van der Waals surface area (Å²) < 4.78 is 4.52. The summed E-state index contributed by atoms with van der Waals surface area (Å²) >= 11 is 0. The largest absolute Gasteiger partial charge is 0.481 e. The number of hydrogen-bond donors (Lipinski definition) is 2. The first-order chi connectivity index (χ1) is 9.49. The molecule has 2 aliphatic heterocycles. The van der Waals surface area contributed by atoms with Crippen molar-refractivity contribution in [2.75, 3.05) is 33.3 Å². The Kier molecular flexibility index (Phi) is 4.31. The minimum Gasteiger partial charge on any atom is -0.481 e. The SMILES string of the molecule is COC(=O)NC1CCN(C(=O)N2CC(CC(=O)O)C2)C1. The van der Waals surface area contributed by atoms with E-state index in [1.807, 2.05) is 0 Å². The fourth-order valence-corrected chi connectivity index (χ4v) is 2.58. The Hall–Kier alpha value is -1.99. The molecule has 8 nitrogen and oxygen atoms in total. The average Bonchev–Trinajstić information content (AvgIpc) is 2.80. The fourth-order valence-electron chi connectivity index (χ4n) is 2.58. The van der Waals surface area contributed by atoms with E-state index in [1.165, 1.54) is 7.11 Å². The number of ether oxygens (including phenoxy) is 1. The number of carboxylic acid groups (broad SMARTS) is 1. The summed E-state index contributed by atoms with van der Waals surface area (Å²) in [5.41, 5.74) is 0. The van der Waals surface area contributed by atoms with Crippen LogP contribution in [0.3, 0.4) is 0 Å².